The third-order valence-corrected chi connectivity index (χ3v) is 3.89. The molecule has 1 aromatic rings. The SMILES string of the molecule is CC(C)c1ccnc(NCC2CCCCN2C)c1. The van der Waals surface area contributed by atoms with Crippen LogP contribution in [0.5, 0.6) is 0 Å². The Bertz CT molecular complexity index is 376. The van der Waals surface area contributed by atoms with Crippen LogP contribution in [0.25, 0.3) is 0 Å². The number of likely N-dealkylation sites (N-methyl/N-ethyl adjacent to an activating group) is 1. The van der Waals surface area contributed by atoms with Crippen LogP contribution in [-0.2, 0) is 0 Å². The van der Waals surface area contributed by atoms with E-state index in [1.54, 1.807) is 0 Å². The number of anilines is 1. The number of hydrogen-bond acceptors (Lipinski definition) is 3. The number of nitrogens with one attached hydrogen (secondary N) is 1. The predicted molar refractivity (Wildman–Crippen MR) is 77.1 cm³/mol. The van der Waals surface area contributed by atoms with Crippen LogP contribution >= 0.6 is 0 Å². The van der Waals surface area contributed by atoms with E-state index in [4.69, 9.17) is 0 Å². The monoisotopic (exact) mass is 247 g/mol. The van der Waals surface area contributed by atoms with Crippen molar-refractivity contribution >= 4 is 5.82 Å². The Balaban J connectivity index is 1.91. The molecular formula is C15H25N3. The number of pyridine rings is 1. The van der Waals surface area contributed by atoms with E-state index in [0.29, 0.717) is 12.0 Å². The van der Waals surface area contributed by atoms with Gasteiger partial charge in [-0.15, -0.1) is 0 Å². The molecule has 0 aliphatic carbocycles. The average molecular weight is 247 g/mol. The van der Waals surface area contributed by atoms with E-state index in [0.717, 1.165) is 12.4 Å². The first-order chi connectivity index (χ1) is 8.66. The summed E-state index contributed by atoms with van der Waals surface area (Å²) in [7, 11) is 2.23. The van der Waals surface area contributed by atoms with Gasteiger partial charge < -0.3 is 10.2 Å². The summed E-state index contributed by atoms with van der Waals surface area (Å²) in [6.45, 7) is 6.67. The van der Waals surface area contributed by atoms with Crippen LogP contribution in [0.15, 0.2) is 18.3 Å². The summed E-state index contributed by atoms with van der Waals surface area (Å²) in [5.74, 6) is 1.58. The highest BCUT2D eigenvalue weighted by Gasteiger charge is 2.18. The van der Waals surface area contributed by atoms with Gasteiger partial charge in [0.2, 0.25) is 0 Å². The van der Waals surface area contributed by atoms with E-state index < -0.39 is 0 Å². The van der Waals surface area contributed by atoms with Crippen molar-refractivity contribution in [3.63, 3.8) is 0 Å². The minimum absolute atomic E-state index is 0.561. The van der Waals surface area contributed by atoms with E-state index in [-0.39, 0.29) is 0 Å². The van der Waals surface area contributed by atoms with Crippen molar-refractivity contribution in [3.05, 3.63) is 23.9 Å². The zero-order valence-electron chi connectivity index (χ0n) is 11.8. The molecule has 0 radical (unpaired) electrons. The average Bonchev–Trinajstić information content (AvgIpc) is 2.38. The highest BCUT2D eigenvalue weighted by atomic mass is 15.2. The fourth-order valence-electron chi connectivity index (χ4n) is 2.53. The van der Waals surface area contributed by atoms with Gasteiger partial charge in [-0.2, -0.15) is 0 Å². The Kier molecular flexibility index (Phi) is 4.59. The molecule has 0 spiro atoms. The van der Waals surface area contributed by atoms with Crippen molar-refractivity contribution in [3.8, 4) is 0 Å². The van der Waals surface area contributed by atoms with Gasteiger partial charge in [0, 0.05) is 18.8 Å². The molecule has 0 bridgehead atoms. The van der Waals surface area contributed by atoms with Crippen LogP contribution in [-0.4, -0.2) is 36.1 Å². The molecule has 0 aromatic carbocycles. The van der Waals surface area contributed by atoms with Crippen molar-refractivity contribution < 1.29 is 0 Å². The largest absolute Gasteiger partial charge is 0.368 e. The van der Waals surface area contributed by atoms with Gasteiger partial charge in [-0.05, 0) is 50.0 Å². The zero-order valence-corrected chi connectivity index (χ0v) is 11.8. The van der Waals surface area contributed by atoms with Crippen molar-refractivity contribution in [1.29, 1.82) is 0 Å². The standard InChI is InChI=1S/C15H25N3/c1-12(2)13-7-8-16-15(10-13)17-11-14-6-4-5-9-18(14)3/h7-8,10,12,14H,4-6,9,11H2,1-3H3,(H,16,17). The number of rotatable bonds is 4. The molecule has 1 aliphatic rings. The minimum Gasteiger partial charge on any atom is -0.368 e. The topological polar surface area (TPSA) is 28.2 Å². The van der Waals surface area contributed by atoms with Gasteiger partial charge in [-0.25, -0.2) is 4.98 Å². The van der Waals surface area contributed by atoms with Gasteiger partial charge >= 0.3 is 0 Å². The van der Waals surface area contributed by atoms with E-state index in [1.165, 1.54) is 31.4 Å². The van der Waals surface area contributed by atoms with Gasteiger partial charge in [-0.1, -0.05) is 20.3 Å². The van der Waals surface area contributed by atoms with Gasteiger partial charge in [0.15, 0.2) is 0 Å². The van der Waals surface area contributed by atoms with Gasteiger partial charge in [-0.3, -0.25) is 0 Å². The van der Waals surface area contributed by atoms with Crippen molar-refractivity contribution in [2.45, 2.75) is 45.1 Å². The predicted octanol–water partition coefficient (Wildman–Crippen LogP) is 3.10. The molecule has 100 valence electrons. The fourth-order valence-corrected chi connectivity index (χ4v) is 2.53. The molecule has 1 aliphatic heterocycles. The van der Waals surface area contributed by atoms with E-state index in [2.05, 4.69) is 48.2 Å². The van der Waals surface area contributed by atoms with Gasteiger partial charge in [0.25, 0.3) is 0 Å². The highest BCUT2D eigenvalue weighted by molar-refractivity contribution is 5.38. The summed E-state index contributed by atoms with van der Waals surface area (Å²) < 4.78 is 0. The summed E-state index contributed by atoms with van der Waals surface area (Å²) in [6.07, 6.45) is 5.90. The van der Waals surface area contributed by atoms with Gasteiger partial charge in [0.1, 0.15) is 5.82 Å². The normalized spacial score (nSPS) is 21.2. The molecule has 2 rings (SSSR count). The van der Waals surface area contributed by atoms with Crippen molar-refractivity contribution in [2.24, 2.45) is 0 Å². The molecule has 1 unspecified atom stereocenters. The van der Waals surface area contributed by atoms with Crippen molar-refractivity contribution in [1.82, 2.24) is 9.88 Å². The van der Waals surface area contributed by atoms with E-state index in [1.807, 2.05) is 6.20 Å². The molecule has 1 atom stereocenters. The Labute approximate surface area is 111 Å². The lowest BCUT2D eigenvalue weighted by atomic mass is 10.0. The lowest BCUT2D eigenvalue weighted by Gasteiger charge is -2.32. The first-order valence-corrected chi connectivity index (χ1v) is 7.07. The maximum Gasteiger partial charge on any atom is 0.126 e. The number of nitrogens with zero attached hydrogens (tertiary/aromatic N) is 2. The Hall–Kier alpha value is -1.09. The summed E-state index contributed by atoms with van der Waals surface area (Å²) in [5.41, 5.74) is 1.35. The molecular weight excluding hydrogens is 222 g/mol. The molecule has 1 N–H and O–H groups in total. The third-order valence-electron chi connectivity index (χ3n) is 3.89. The minimum atomic E-state index is 0.561. The quantitative estimate of drug-likeness (QED) is 0.886. The molecule has 3 heteroatoms. The van der Waals surface area contributed by atoms with E-state index in [9.17, 15) is 0 Å². The summed E-state index contributed by atoms with van der Waals surface area (Å²) in [6, 6.07) is 4.93. The molecule has 18 heavy (non-hydrogen) atoms. The molecule has 3 nitrogen and oxygen atoms in total. The maximum absolute atomic E-state index is 4.40. The molecule has 0 saturated carbocycles. The first kappa shape index (κ1) is 13.3. The molecule has 1 saturated heterocycles. The summed E-state index contributed by atoms with van der Waals surface area (Å²) in [4.78, 5) is 6.86. The number of likely N-dealkylation sites (tertiary alicyclic amines) is 1. The lowest BCUT2D eigenvalue weighted by molar-refractivity contribution is 0.194. The summed E-state index contributed by atoms with van der Waals surface area (Å²) >= 11 is 0. The van der Waals surface area contributed by atoms with Crippen LogP contribution in [0.4, 0.5) is 5.82 Å². The molecule has 1 fully saturated rings. The van der Waals surface area contributed by atoms with Crippen LogP contribution in [0.2, 0.25) is 0 Å². The Morgan fingerprint density at radius 1 is 1.44 bits per heavy atom. The second kappa shape index (κ2) is 6.19. The van der Waals surface area contributed by atoms with E-state index >= 15 is 0 Å². The van der Waals surface area contributed by atoms with Crippen LogP contribution in [0.1, 0.15) is 44.6 Å². The number of aromatic nitrogens is 1. The number of hydrogen-bond donors (Lipinski definition) is 1. The lowest BCUT2D eigenvalue weighted by Crippen LogP contribution is -2.40. The second-order valence-electron chi connectivity index (χ2n) is 5.64. The number of piperidine rings is 1. The maximum atomic E-state index is 4.40. The second-order valence-corrected chi connectivity index (χ2v) is 5.64. The first-order valence-electron chi connectivity index (χ1n) is 7.07. The Morgan fingerprint density at radius 3 is 3.00 bits per heavy atom. The fraction of sp³-hybridized carbons (Fsp3) is 0.667. The summed E-state index contributed by atoms with van der Waals surface area (Å²) in [5, 5.41) is 3.49. The van der Waals surface area contributed by atoms with Crippen LogP contribution < -0.4 is 5.32 Å². The van der Waals surface area contributed by atoms with Crippen molar-refractivity contribution in [2.75, 3.05) is 25.5 Å². The molecule has 2 heterocycles. The van der Waals surface area contributed by atoms with Gasteiger partial charge in [0.05, 0.1) is 0 Å². The molecule has 0 amide bonds. The zero-order chi connectivity index (χ0) is 13.0. The van der Waals surface area contributed by atoms with Crippen LogP contribution in [0.3, 0.4) is 0 Å². The highest BCUT2D eigenvalue weighted by Crippen LogP contribution is 2.18. The molecule has 1 aromatic heterocycles. The van der Waals surface area contributed by atoms with Crippen LogP contribution in [0, 0.1) is 0 Å². The Morgan fingerprint density at radius 2 is 2.28 bits per heavy atom. The smallest absolute Gasteiger partial charge is 0.126 e. The third kappa shape index (κ3) is 3.45.